The summed E-state index contributed by atoms with van der Waals surface area (Å²) in [6, 6.07) is -0.327. The summed E-state index contributed by atoms with van der Waals surface area (Å²) in [6.07, 6.45) is 5.37. The van der Waals surface area contributed by atoms with Gasteiger partial charge in [-0.2, -0.15) is 0 Å². The summed E-state index contributed by atoms with van der Waals surface area (Å²) in [5, 5.41) is 7.93. The molecule has 2 fully saturated rings. The van der Waals surface area contributed by atoms with Crippen LogP contribution in [0.4, 0.5) is 4.79 Å². The molecule has 6 heteroatoms. The third-order valence-electron chi connectivity index (χ3n) is 3.79. The van der Waals surface area contributed by atoms with Crippen molar-refractivity contribution in [1.82, 2.24) is 16.0 Å². The van der Waals surface area contributed by atoms with Gasteiger partial charge in [0.15, 0.2) is 0 Å². The molecule has 1 saturated heterocycles. The maximum absolute atomic E-state index is 11.7. The molecular formula is C13H19N3O3. The van der Waals surface area contributed by atoms with Crippen molar-refractivity contribution in [2.45, 2.75) is 50.1 Å². The smallest absolute Gasteiger partial charge is 0.322 e. The highest BCUT2D eigenvalue weighted by Crippen LogP contribution is 2.30. The molecule has 104 valence electrons. The summed E-state index contributed by atoms with van der Waals surface area (Å²) in [4.78, 5) is 34.5. The van der Waals surface area contributed by atoms with Crippen LogP contribution in [0.3, 0.4) is 0 Å². The Balaban J connectivity index is 1.82. The molecule has 6 nitrogen and oxygen atoms in total. The minimum Gasteiger partial charge on any atom is -0.353 e. The molecule has 19 heavy (non-hydrogen) atoms. The molecule has 1 saturated carbocycles. The highest BCUT2D eigenvalue weighted by Gasteiger charge is 2.48. The second-order valence-electron chi connectivity index (χ2n) is 5.16. The lowest BCUT2D eigenvalue weighted by molar-refractivity contribution is -0.125. The molecule has 1 spiro atoms. The summed E-state index contributed by atoms with van der Waals surface area (Å²) >= 11 is 0. The van der Waals surface area contributed by atoms with Crippen LogP contribution in [0.1, 0.15) is 38.5 Å². The molecule has 2 aliphatic rings. The second-order valence-corrected chi connectivity index (χ2v) is 5.16. The number of carbonyl (C=O) groups excluding carboxylic acids is 3. The van der Waals surface area contributed by atoms with Crippen LogP contribution in [0.2, 0.25) is 0 Å². The average Bonchev–Trinajstić information content (AvgIpc) is 2.65. The first-order valence-corrected chi connectivity index (χ1v) is 6.59. The maximum Gasteiger partial charge on any atom is 0.322 e. The van der Waals surface area contributed by atoms with Crippen molar-refractivity contribution in [3.8, 4) is 0 Å². The first-order valence-electron chi connectivity index (χ1n) is 6.59. The predicted octanol–water partition coefficient (Wildman–Crippen LogP) is 0.590. The fourth-order valence-electron chi connectivity index (χ4n) is 2.67. The van der Waals surface area contributed by atoms with Crippen molar-refractivity contribution >= 4 is 17.8 Å². The van der Waals surface area contributed by atoms with E-state index in [2.05, 4.69) is 22.5 Å². The number of imide groups is 1. The molecule has 0 aromatic carbocycles. The average molecular weight is 265 g/mol. The Bertz CT molecular complexity index is 411. The van der Waals surface area contributed by atoms with Gasteiger partial charge in [0.25, 0.3) is 5.91 Å². The molecule has 0 radical (unpaired) electrons. The number of hydrogen-bond acceptors (Lipinski definition) is 3. The number of rotatable bonds is 4. The molecule has 0 aromatic rings. The van der Waals surface area contributed by atoms with Gasteiger partial charge in [0.05, 0.1) is 0 Å². The van der Waals surface area contributed by atoms with Crippen LogP contribution in [-0.4, -0.2) is 29.4 Å². The van der Waals surface area contributed by atoms with Crippen LogP contribution < -0.4 is 16.0 Å². The topological polar surface area (TPSA) is 87.3 Å². The van der Waals surface area contributed by atoms with Gasteiger partial charge in [-0.1, -0.05) is 6.08 Å². The van der Waals surface area contributed by atoms with Crippen LogP contribution in [0, 0.1) is 0 Å². The van der Waals surface area contributed by atoms with E-state index < -0.39 is 11.6 Å². The largest absolute Gasteiger partial charge is 0.353 e. The molecular weight excluding hydrogens is 246 g/mol. The van der Waals surface area contributed by atoms with Gasteiger partial charge in [-0.25, -0.2) is 4.79 Å². The molecule has 0 unspecified atom stereocenters. The van der Waals surface area contributed by atoms with E-state index in [0.29, 0.717) is 38.5 Å². The Hall–Kier alpha value is -1.85. The van der Waals surface area contributed by atoms with Crippen LogP contribution in [-0.2, 0) is 9.59 Å². The number of amides is 4. The minimum absolute atomic E-state index is 0.0146. The predicted molar refractivity (Wildman–Crippen MR) is 69.2 cm³/mol. The molecule has 1 aliphatic carbocycles. The highest BCUT2D eigenvalue weighted by molar-refractivity contribution is 6.07. The molecule has 2 rings (SSSR count). The Kier molecular flexibility index (Phi) is 3.87. The van der Waals surface area contributed by atoms with E-state index in [9.17, 15) is 14.4 Å². The maximum atomic E-state index is 11.7. The summed E-state index contributed by atoms with van der Waals surface area (Å²) < 4.78 is 0. The van der Waals surface area contributed by atoms with Gasteiger partial charge < -0.3 is 10.6 Å². The van der Waals surface area contributed by atoms with Gasteiger partial charge in [-0.3, -0.25) is 14.9 Å². The minimum atomic E-state index is -0.751. The molecule has 0 atom stereocenters. The molecule has 3 N–H and O–H groups in total. The first-order chi connectivity index (χ1) is 9.05. The number of urea groups is 1. The van der Waals surface area contributed by atoms with E-state index >= 15 is 0 Å². The van der Waals surface area contributed by atoms with E-state index in [1.807, 2.05) is 0 Å². The van der Waals surface area contributed by atoms with Gasteiger partial charge in [-0.05, 0) is 32.1 Å². The standard InChI is InChI=1S/C13H19N3O3/c1-2-3-4-10(17)14-9-5-7-13(8-6-9)11(18)15-12(19)16-13/h2,9H,1,3-8H2,(H,14,17)(H2,15,16,18,19). The zero-order valence-electron chi connectivity index (χ0n) is 10.8. The third-order valence-corrected chi connectivity index (χ3v) is 3.79. The van der Waals surface area contributed by atoms with E-state index in [0.717, 1.165) is 0 Å². The van der Waals surface area contributed by atoms with Crippen LogP contribution in [0.25, 0.3) is 0 Å². The van der Waals surface area contributed by atoms with Crippen LogP contribution >= 0.6 is 0 Å². The first kappa shape index (κ1) is 13.6. The van der Waals surface area contributed by atoms with Gasteiger partial charge >= 0.3 is 6.03 Å². The number of hydrogen-bond donors (Lipinski definition) is 3. The van der Waals surface area contributed by atoms with Crippen molar-refractivity contribution < 1.29 is 14.4 Å². The van der Waals surface area contributed by atoms with Gasteiger partial charge in [0.2, 0.25) is 5.91 Å². The molecule has 0 bridgehead atoms. The highest BCUT2D eigenvalue weighted by atomic mass is 16.2. The van der Waals surface area contributed by atoms with E-state index in [1.165, 1.54) is 0 Å². The summed E-state index contributed by atoms with van der Waals surface area (Å²) in [6.45, 7) is 3.58. The molecule has 1 aliphatic heterocycles. The number of allylic oxidation sites excluding steroid dienone is 1. The van der Waals surface area contributed by atoms with Crippen molar-refractivity contribution in [2.24, 2.45) is 0 Å². The van der Waals surface area contributed by atoms with E-state index in [1.54, 1.807) is 6.08 Å². The molecule has 1 heterocycles. The lowest BCUT2D eigenvalue weighted by Crippen LogP contribution is -2.52. The van der Waals surface area contributed by atoms with Crippen molar-refractivity contribution in [3.63, 3.8) is 0 Å². The van der Waals surface area contributed by atoms with Crippen molar-refractivity contribution in [2.75, 3.05) is 0 Å². The summed E-state index contributed by atoms with van der Waals surface area (Å²) in [7, 11) is 0. The Morgan fingerprint density at radius 1 is 1.42 bits per heavy atom. The van der Waals surface area contributed by atoms with E-state index in [4.69, 9.17) is 0 Å². The quantitative estimate of drug-likeness (QED) is 0.513. The lowest BCUT2D eigenvalue weighted by Gasteiger charge is -2.34. The Labute approximate surface area is 112 Å². The molecule has 0 aromatic heterocycles. The third kappa shape index (κ3) is 2.94. The zero-order chi connectivity index (χ0) is 13.9. The normalized spacial score (nSPS) is 29.8. The SMILES string of the molecule is C=CCCC(=O)NC1CCC2(CC1)NC(=O)NC2=O. The Morgan fingerprint density at radius 3 is 2.63 bits per heavy atom. The number of carbonyl (C=O) groups is 3. The molecule has 4 amide bonds. The van der Waals surface area contributed by atoms with Gasteiger partial charge in [0, 0.05) is 12.5 Å². The monoisotopic (exact) mass is 265 g/mol. The van der Waals surface area contributed by atoms with E-state index in [-0.39, 0.29) is 17.9 Å². The van der Waals surface area contributed by atoms with Crippen molar-refractivity contribution in [3.05, 3.63) is 12.7 Å². The lowest BCUT2D eigenvalue weighted by atomic mass is 9.79. The van der Waals surface area contributed by atoms with Crippen LogP contribution in [0.5, 0.6) is 0 Å². The Morgan fingerprint density at radius 2 is 2.11 bits per heavy atom. The number of nitrogens with one attached hydrogen (secondary N) is 3. The van der Waals surface area contributed by atoms with Gasteiger partial charge in [-0.15, -0.1) is 6.58 Å². The van der Waals surface area contributed by atoms with Crippen LogP contribution in [0.15, 0.2) is 12.7 Å². The van der Waals surface area contributed by atoms with Crippen molar-refractivity contribution in [1.29, 1.82) is 0 Å². The zero-order valence-corrected chi connectivity index (χ0v) is 10.8. The second kappa shape index (κ2) is 5.42. The fourth-order valence-corrected chi connectivity index (χ4v) is 2.67. The van der Waals surface area contributed by atoms with Gasteiger partial charge in [0.1, 0.15) is 5.54 Å². The summed E-state index contributed by atoms with van der Waals surface area (Å²) in [5.74, 6) is -0.227. The fraction of sp³-hybridized carbons (Fsp3) is 0.615. The summed E-state index contributed by atoms with van der Waals surface area (Å²) in [5.41, 5.74) is -0.751.